The standard InChI is InChI=1S/C7H12N2/c1-2-6-4-3-5-7(8)9-6/h3-5,7,9H,2,8H2,1H3. The minimum atomic E-state index is 0.0185. The van der Waals surface area contributed by atoms with E-state index in [9.17, 15) is 0 Å². The molecule has 0 fully saturated rings. The summed E-state index contributed by atoms with van der Waals surface area (Å²) in [5.41, 5.74) is 6.77. The second-order valence-corrected chi connectivity index (χ2v) is 2.10. The fourth-order valence-electron chi connectivity index (χ4n) is 0.822. The van der Waals surface area contributed by atoms with E-state index in [0.717, 1.165) is 6.42 Å². The predicted molar refractivity (Wildman–Crippen MR) is 38.6 cm³/mol. The van der Waals surface area contributed by atoms with E-state index in [2.05, 4.69) is 12.2 Å². The maximum atomic E-state index is 5.56. The van der Waals surface area contributed by atoms with Gasteiger partial charge >= 0.3 is 0 Å². The van der Waals surface area contributed by atoms with E-state index in [1.54, 1.807) is 0 Å². The van der Waals surface area contributed by atoms with Crippen molar-refractivity contribution >= 4 is 0 Å². The third-order valence-electron chi connectivity index (χ3n) is 1.35. The van der Waals surface area contributed by atoms with E-state index in [1.807, 2.05) is 18.2 Å². The van der Waals surface area contributed by atoms with Gasteiger partial charge in [0.15, 0.2) is 0 Å². The van der Waals surface area contributed by atoms with E-state index < -0.39 is 0 Å². The van der Waals surface area contributed by atoms with Gasteiger partial charge in [0.2, 0.25) is 0 Å². The van der Waals surface area contributed by atoms with E-state index in [4.69, 9.17) is 5.73 Å². The van der Waals surface area contributed by atoms with Crippen LogP contribution in [0.15, 0.2) is 23.9 Å². The summed E-state index contributed by atoms with van der Waals surface area (Å²) in [6.45, 7) is 2.10. The molecule has 0 radical (unpaired) electrons. The zero-order valence-corrected chi connectivity index (χ0v) is 5.59. The summed E-state index contributed by atoms with van der Waals surface area (Å²) in [6.07, 6.45) is 7.01. The summed E-state index contributed by atoms with van der Waals surface area (Å²) in [5, 5.41) is 3.12. The third kappa shape index (κ3) is 1.57. The van der Waals surface area contributed by atoms with Gasteiger partial charge in [-0.25, -0.2) is 0 Å². The van der Waals surface area contributed by atoms with Gasteiger partial charge in [-0.15, -0.1) is 0 Å². The topological polar surface area (TPSA) is 38.0 Å². The van der Waals surface area contributed by atoms with Gasteiger partial charge in [0.1, 0.15) is 0 Å². The van der Waals surface area contributed by atoms with Crippen LogP contribution in [0.5, 0.6) is 0 Å². The quantitative estimate of drug-likeness (QED) is 0.540. The van der Waals surface area contributed by atoms with Crippen molar-refractivity contribution in [3.8, 4) is 0 Å². The summed E-state index contributed by atoms with van der Waals surface area (Å²) in [4.78, 5) is 0. The molecule has 1 atom stereocenters. The van der Waals surface area contributed by atoms with Crippen LogP contribution in [0.1, 0.15) is 13.3 Å². The number of hydrogen-bond acceptors (Lipinski definition) is 2. The van der Waals surface area contributed by atoms with Crippen LogP contribution in [-0.4, -0.2) is 6.17 Å². The first-order valence-electron chi connectivity index (χ1n) is 3.22. The van der Waals surface area contributed by atoms with Crippen LogP contribution in [0.3, 0.4) is 0 Å². The maximum absolute atomic E-state index is 5.56. The second kappa shape index (κ2) is 2.69. The molecule has 50 valence electrons. The first kappa shape index (κ1) is 6.36. The number of nitrogens with two attached hydrogens (primary N) is 1. The first-order valence-corrected chi connectivity index (χ1v) is 3.22. The Bertz CT molecular complexity index is 147. The summed E-state index contributed by atoms with van der Waals surface area (Å²) in [7, 11) is 0. The molecule has 1 aliphatic rings. The Kier molecular flexibility index (Phi) is 1.90. The maximum Gasteiger partial charge on any atom is 0.0936 e. The van der Waals surface area contributed by atoms with Crippen LogP contribution in [0.2, 0.25) is 0 Å². The van der Waals surface area contributed by atoms with Crippen LogP contribution in [0.4, 0.5) is 0 Å². The zero-order valence-electron chi connectivity index (χ0n) is 5.59. The minimum absolute atomic E-state index is 0.0185. The van der Waals surface area contributed by atoms with Crippen molar-refractivity contribution in [2.75, 3.05) is 0 Å². The summed E-state index contributed by atoms with van der Waals surface area (Å²) in [6, 6.07) is 0. The second-order valence-electron chi connectivity index (χ2n) is 2.10. The number of rotatable bonds is 1. The molecule has 1 aliphatic heterocycles. The number of hydrogen-bond donors (Lipinski definition) is 2. The Morgan fingerprint density at radius 2 is 2.56 bits per heavy atom. The molecule has 9 heavy (non-hydrogen) atoms. The molecule has 0 aromatic carbocycles. The minimum Gasteiger partial charge on any atom is -0.370 e. The zero-order chi connectivity index (χ0) is 6.69. The number of nitrogens with one attached hydrogen (secondary N) is 1. The fourth-order valence-corrected chi connectivity index (χ4v) is 0.822. The lowest BCUT2D eigenvalue weighted by molar-refractivity contribution is 0.668. The van der Waals surface area contributed by atoms with Gasteiger partial charge in [0, 0.05) is 5.70 Å². The van der Waals surface area contributed by atoms with Gasteiger partial charge in [0.25, 0.3) is 0 Å². The third-order valence-corrected chi connectivity index (χ3v) is 1.35. The summed E-state index contributed by atoms with van der Waals surface area (Å²) in [5.74, 6) is 0. The van der Waals surface area contributed by atoms with Crippen LogP contribution >= 0.6 is 0 Å². The average Bonchev–Trinajstić information content (AvgIpc) is 1.88. The van der Waals surface area contributed by atoms with Crippen LogP contribution in [0, 0.1) is 0 Å². The normalized spacial score (nSPS) is 25.1. The van der Waals surface area contributed by atoms with Crippen molar-refractivity contribution in [3.05, 3.63) is 23.9 Å². The van der Waals surface area contributed by atoms with Gasteiger partial charge in [-0.05, 0) is 18.6 Å². The van der Waals surface area contributed by atoms with E-state index >= 15 is 0 Å². The lowest BCUT2D eigenvalue weighted by Crippen LogP contribution is -2.35. The molecule has 0 aromatic rings. The summed E-state index contributed by atoms with van der Waals surface area (Å²) < 4.78 is 0. The van der Waals surface area contributed by atoms with Crippen molar-refractivity contribution in [2.45, 2.75) is 19.5 Å². The smallest absolute Gasteiger partial charge is 0.0936 e. The average molecular weight is 124 g/mol. The Balaban J connectivity index is 2.55. The van der Waals surface area contributed by atoms with Crippen molar-refractivity contribution in [2.24, 2.45) is 5.73 Å². The van der Waals surface area contributed by atoms with Gasteiger partial charge in [-0.3, -0.25) is 0 Å². The van der Waals surface area contributed by atoms with Gasteiger partial charge in [0.05, 0.1) is 6.17 Å². The Labute approximate surface area is 55.4 Å². The molecule has 1 rings (SSSR count). The molecule has 1 unspecified atom stereocenters. The molecule has 1 heterocycles. The highest BCUT2D eigenvalue weighted by Crippen LogP contribution is 2.01. The Hall–Kier alpha value is -0.760. The highest BCUT2D eigenvalue weighted by molar-refractivity contribution is 5.18. The molecule has 0 aromatic heterocycles. The lowest BCUT2D eigenvalue weighted by atomic mass is 10.2. The molecular weight excluding hydrogens is 112 g/mol. The molecular formula is C7H12N2. The summed E-state index contributed by atoms with van der Waals surface area (Å²) >= 11 is 0. The van der Waals surface area contributed by atoms with Crippen LogP contribution < -0.4 is 11.1 Å². The Morgan fingerprint density at radius 3 is 3.00 bits per heavy atom. The van der Waals surface area contributed by atoms with Crippen LogP contribution in [0.25, 0.3) is 0 Å². The number of allylic oxidation sites excluding steroid dienone is 3. The monoisotopic (exact) mass is 124 g/mol. The van der Waals surface area contributed by atoms with Crippen LogP contribution in [-0.2, 0) is 0 Å². The van der Waals surface area contributed by atoms with E-state index in [0.29, 0.717) is 0 Å². The van der Waals surface area contributed by atoms with Gasteiger partial charge in [-0.1, -0.05) is 13.0 Å². The van der Waals surface area contributed by atoms with Gasteiger partial charge < -0.3 is 11.1 Å². The lowest BCUT2D eigenvalue weighted by Gasteiger charge is -2.16. The highest BCUT2D eigenvalue weighted by atomic mass is 15.0. The fraction of sp³-hybridized carbons (Fsp3) is 0.429. The first-order chi connectivity index (χ1) is 4.33. The SMILES string of the molecule is CCC1=CC=CC(N)N1. The van der Waals surface area contributed by atoms with E-state index in [1.165, 1.54) is 5.70 Å². The molecule has 0 aliphatic carbocycles. The molecule has 0 saturated carbocycles. The molecule has 0 amide bonds. The van der Waals surface area contributed by atoms with Crippen molar-refractivity contribution in [1.29, 1.82) is 0 Å². The Morgan fingerprint density at radius 1 is 1.78 bits per heavy atom. The molecule has 2 heteroatoms. The largest absolute Gasteiger partial charge is 0.370 e. The molecule has 0 spiro atoms. The van der Waals surface area contributed by atoms with E-state index in [-0.39, 0.29) is 6.17 Å². The molecule has 3 N–H and O–H groups in total. The highest BCUT2D eigenvalue weighted by Gasteiger charge is 2.00. The molecule has 0 bridgehead atoms. The number of dihydropyridines is 1. The molecule has 2 nitrogen and oxygen atoms in total. The van der Waals surface area contributed by atoms with Crippen molar-refractivity contribution < 1.29 is 0 Å². The van der Waals surface area contributed by atoms with Gasteiger partial charge in [-0.2, -0.15) is 0 Å². The van der Waals surface area contributed by atoms with Crippen molar-refractivity contribution in [3.63, 3.8) is 0 Å². The predicted octanol–water partition coefficient (Wildman–Crippen LogP) is 0.725. The van der Waals surface area contributed by atoms with Crippen molar-refractivity contribution in [1.82, 2.24) is 5.32 Å². The molecule has 0 saturated heterocycles.